The third-order valence-electron chi connectivity index (χ3n) is 6.73. The lowest BCUT2D eigenvalue weighted by Gasteiger charge is -2.26. The van der Waals surface area contributed by atoms with E-state index >= 15 is 0 Å². The Morgan fingerprint density at radius 1 is 1.00 bits per heavy atom. The van der Waals surface area contributed by atoms with Crippen LogP contribution in [-0.2, 0) is 9.53 Å². The Kier molecular flexibility index (Phi) is 9.22. The summed E-state index contributed by atoms with van der Waals surface area (Å²) in [6.45, 7) is 8.32. The van der Waals surface area contributed by atoms with Crippen molar-refractivity contribution < 1.29 is 23.7 Å². The lowest BCUT2D eigenvalue weighted by Crippen LogP contribution is -2.40. The summed E-state index contributed by atoms with van der Waals surface area (Å²) >= 11 is 1.26. The van der Waals surface area contributed by atoms with Gasteiger partial charge in [-0.1, -0.05) is 72.5 Å². The molecule has 0 saturated heterocycles. The van der Waals surface area contributed by atoms with Crippen LogP contribution in [0.5, 0.6) is 17.2 Å². The number of carbonyl (C=O) groups excluding carboxylic acids is 1. The number of aromatic nitrogens is 1. The summed E-state index contributed by atoms with van der Waals surface area (Å²) in [5.41, 5.74) is 2.71. The second-order valence-corrected chi connectivity index (χ2v) is 10.5. The molecule has 3 aromatic carbocycles. The van der Waals surface area contributed by atoms with Crippen molar-refractivity contribution in [3.05, 3.63) is 127 Å². The quantitative estimate of drug-likeness (QED) is 0.181. The third-order valence-corrected chi connectivity index (χ3v) is 7.71. The predicted molar refractivity (Wildman–Crippen MR) is 167 cm³/mol. The van der Waals surface area contributed by atoms with Crippen LogP contribution >= 0.6 is 11.3 Å². The van der Waals surface area contributed by atoms with E-state index in [2.05, 4.69) is 6.58 Å². The molecule has 2 heterocycles. The Bertz CT molecular complexity index is 1840. The predicted octanol–water partition coefficient (Wildman–Crippen LogP) is 4.91. The number of hydrogen-bond acceptors (Lipinski definition) is 8. The first-order valence-electron chi connectivity index (χ1n) is 13.9. The van der Waals surface area contributed by atoms with Gasteiger partial charge < -0.3 is 18.9 Å². The van der Waals surface area contributed by atoms with Gasteiger partial charge in [0, 0.05) is 5.56 Å². The molecule has 1 aliphatic heterocycles. The molecule has 0 bridgehead atoms. The molecule has 0 spiro atoms. The van der Waals surface area contributed by atoms with Gasteiger partial charge in [-0.25, -0.2) is 9.79 Å². The summed E-state index contributed by atoms with van der Waals surface area (Å²) in [6, 6.07) is 21.5. The average Bonchev–Trinajstić information content (AvgIpc) is 3.34. The highest BCUT2D eigenvalue weighted by Gasteiger charge is 2.35. The van der Waals surface area contributed by atoms with Gasteiger partial charge in [0.1, 0.15) is 12.4 Å². The number of carbonyl (C=O) groups is 1. The normalized spacial score (nSPS) is 14.5. The van der Waals surface area contributed by atoms with Crippen LogP contribution in [0.4, 0.5) is 0 Å². The van der Waals surface area contributed by atoms with Crippen molar-refractivity contribution in [3.63, 3.8) is 0 Å². The molecular formula is C34H32N2O6S. The smallest absolute Gasteiger partial charge is 0.338 e. The Balaban J connectivity index is 1.74. The van der Waals surface area contributed by atoms with Gasteiger partial charge in [0.15, 0.2) is 16.3 Å². The summed E-state index contributed by atoms with van der Waals surface area (Å²) in [5, 5.41) is 0. The van der Waals surface area contributed by atoms with Crippen molar-refractivity contribution in [3.8, 4) is 17.2 Å². The van der Waals surface area contributed by atoms with E-state index in [9.17, 15) is 9.59 Å². The largest absolute Gasteiger partial charge is 0.497 e. The van der Waals surface area contributed by atoms with E-state index in [-0.39, 0.29) is 12.2 Å². The summed E-state index contributed by atoms with van der Waals surface area (Å²) in [7, 11) is 1.59. The lowest BCUT2D eigenvalue weighted by atomic mass is 9.93. The zero-order valence-corrected chi connectivity index (χ0v) is 25.1. The highest BCUT2D eigenvalue weighted by atomic mass is 32.1. The Labute approximate surface area is 253 Å². The van der Waals surface area contributed by atoms with Crippen molar-refractivity contribution in [2.75, 3.05) is 26.9 Å². The molecule has 0 unspecified atom stereocenters. The van der Waals surface area contributed by atoms with Crippen LogP contribution in [0, 0.1) is 0 Å². The molecule has 0 aliphatic carbocycles. The molecule has 0 saturated carbocycles. The highest BCUT2D eigenvalue weighted by molar-refractivity contribution is 7.07. The molecule has 1 aliphatic rings. The minimum Gasteiger partial charge on any atom is -0.497 e. The van der Waals surface area contributed by atoms with Crippen LogP contribution in [0.1, 0.15) is 36.6 Å². The highest BCUT2D eigenvalue weighted by Crippen LogP contribution is 2.36. The van der Waals surface area contributed by atoms with E-state index < -0.39 is 12.0 Å². The van der Waals surface area contributed by atoms with Crippen molar-refractivity contribution in [2.24, 2.45) is 4.99 Å². The van der Waals surface area contributed by atoms with Crippen LogP contribution in [0.2, 0.25) is 0 Å². The minimum atomic E-state index is -0.771. The molecule has 43 heavy (non-hydrogen) atoms. The van der Waals surface area contributed by atoms with E-state index in [1.807, 2.05) is 67.6 Å². The van der Waals surface area contributed by atoms with E-state index in [1.54, 1.807) is 42.9 Å². The molecule has 1 atom stereocenters. The molecule has 4 aromatic rings. The fourth-order valence-electron chi connectivity index (χ4n) is 4.84. The van der Waals surface area contributed by atoms with Crippen LogP contribution in [-0.4, -0.2) is 37.5 Å². The number of thiazole rings is 1. The second-order valence-electron chi connectivity index (χ2n) is 9.44. The van der Waals surface area contributed by atoms with Crippen molar-refractivity contribution in [1.29, 1.82) is 0 Å². The second kappa shape index (κ2) is 13.4. The first-order chi connectivity index (χ1) is 21.0. The first-order valence-corrected chi connectivity index (χ1v) is 14.7. The molecule has 5 rings (SSSR count). The monoisotopic (exact) mass is 596 g/mol. The first kappa shape index (κ1) is 29.6. The number of ether oxygens (including phenoxy) is 4. The van der Waals surface area contributed by atoms with Gasteiger partial charge in [-0.15, -0.1) is 0 Å². The Morgan fingerprint density at radius 2 is 1.77 bits per heavy atom. The molecular weight excluding hydrogens is 564 g/mol. The maximum Gasteiger partial charge on any atom is 0.338 e. The van der Waals surface area contributed by atoms with Gasteiger partial charge in [-0.05, 0) is 55.3 Å². The van der Waals surface area contributed by atoms with Gasteiger partial charge in [0.25, 0.3) is 5.56 Å². The van der Waals surface area contributed by atoms with Crippen molar-refractivity contribution in [2.45, 2.75) is 19.9 Å². The molecule has 0 radical (unpaired) electrons. The van der Waals surface area contributed by atoms with E-state index in [4.69, 9.17) is 23.9 Å². The molecule has 9 heteroatoms. The van der Waals surface area contributed by atoms with Crippen molar-refractivity contribution in [1.82, 2.24) is 4.57 Å². The van der Waals surface area contributed by atoms with Crippen LogP contribution in [0.15, 0.2) is 101 Å². The number of fused-ring (bicyclic) bond motifs is 1. The Hall–Kier alpha value is -4.89. The number of rotatable bonds is 11. The van der Waals surface area contributed by atoms with Crippen LogP contribution in [0.25, 0.3) is 11.8 Å². The fraction of sp³-hybridized carbons (Fsp3) is 0.206. The zero-order chi connectivity index (χ0) is 30.3. The van der Waals surface area contributed by atoms with Crippen LogP contribution < -0.4 is 29.1 Å². The summed E-state index contributed by atoms with van der Waals surface area (Å²) in [4.78, 5) is 33.1. The number of methoxy groups -OCH3 is 1. The Morgan fingerprint density at radius 3 is 2.44 bits per heavy atom. The maximum atomic E-state index is 14.1. The molecule has 220 valence electrons. The number of benzene rings is 3. The van der Waals surface area contributed by atoms with Gasteiger partial charge in [-0.3, -0.25) is 9.36 Å². The summed E-state index contributed by atoms with van der Waals surface area (Å²) in [5.74, 6) is 1.28. The number of hydrogen-bond donors (Lipinski definition) is 0. The maximum absolute atomic E-state index is 14.1. The lowest BCUT2D eigenvalue weighted by molar-refractivity contribution is -0.138. The number of nitrogens with zero attached hydrogens (tertiary/aromatic N) is 2. The summed E-state index contributed by atoms with van der Waals surface area (Å²) in [6.07, 6.45) is 3.46. The van der Waals surface area contributed by atoms with E-state index in [0.29, 0.717) is 51.1 Å². The molecule has 0 fully saturated rings. The van der Waals surface area contributed by atoms with Gasteiger partial charge in [-0.2, -0.15) is 0 Å². The standard InChI is InChI=1S/C34H32N2O6S/c1-5-19-42-26-18-13-22(20-27(26)40-6-2)21-28-32(37)36-31(24-14-16-25(39-4)17-15-24)29(33(38)41-7-3)30(35-34(36)43-28)23-11-9-8-10-12-23/h5,8-18,20-21,31H,1,6-7,19H2,2-4H3/b28-21-/t31-/m1/s1. The zero-order valence-electron chi connectivity index (χ0n) is 24.2. The minimum absolute atomic E-state index is 0.179. The third kappa shape index (κ3) is 6.17. The van der Waals surface area contributed by atoms with Crippen molar-refractivity contribution >= 4 is 29.1 Å². The van der Waals surface area contributed by atoms with Gasteiger partial charge in [0.2, 0.25) is 0 Å². The molecule has 8 nitrogen and oxygen atoms in total. The van der Waals surface area contributed by atoms with Gasteiger partial charge in [0.05, 0.1) is 42.2 Å². The van der Waals surface area contributed by atoms with Gasteiger partial charge >= 0.3 is 5.97 Å². The fourth-order valence-corrected chi connectivity index (χ4v) is 5.85. The van der Waals surface area contributed by atoms with Crippen LogP contribution in [0.3, 0.4) is 0 Å². The number of esters is 1. The SMILES string of the molecule is C=CCOc1ccc(/C=c2\sc3n(c2=O)[C@H](c2ccc(OC)cc2)C(C(=O)OCC)=C(c2ccccc2)N=3)cc1OCC. The average molecular weight is 597 g/mol. The molecule has 0 amide bonds. The topological polar surface area (TPSA) is 88.4 Å². The van der Waals surface area contributed by atoms with E-state index in [0.717, 1.165) is 16.7 Å². The summed E-state index contributed by atoms with van der Waals surface area (Å²) < 4.78 is 24.4. The van der Waals surface area contributed by atoms with E-state index in [1.165, 1.54) is 11.3 Å². The molecule has 0 N–H and O–H groups in total. The molecule has 1 aromatic heterocycles.